The highest BCUT2D eigenvalue weighted by molar-refractivity contribution is 7.16. The van der Waals surface area contributed by atoms with Gasteiger partial charge in [-0.15, -0.1) is 11.3 Å². The fourth-order valence-corrected chi connectivity index (χ4v) is 5.11. The molecule has 0 atom stereocenters. The number of hydrogen-bond acceptors (Lipinski definition) is 6. The van der Waals surface area contributed by atoms with Gasteiger partial charge >= 0.3 is 5.97 Å². The van der Waals surface area contributed by atoms with E-state index in [9.17, 15) is 9.59 Å². The molecule has 34 heavy (non-hydrogen) atoms. The molecular formula is C27H28N2O4S. The van der Waals surface area contributed by atoms with Crippen molar-refractivity contribution in [3.05, 3.63) is 75.7 Å². The van der Waals surface area contributed by atoms with Gasteiger partial charge in [0.1, 0.15) is 10.8 Å². The quantitative estimate of drug-likeness (QED) is 0.325. The first-order chi connectivity index (χ1) is 16.5. The summed E-state index contributed by atoms with van der Waals surface area (Å²) >= 11 is 1.58. The van der Waals surface area contributed by atoms with Crippen LogP contribution in [-0.2, 0) is 22.4 Å². The van der Waals surface area contributed by atoms with Gasteiger partial charge in [-0.1, -0.05) is 18.2 Å². The Bertz CT molecular complexity index is 1200. The third-order valence-corrected chi connectivity index (χ3v) is 6.83. The number of para-hydroxylation sites is 1. The topological polar surface area (TPSA) is 77.0 Å². The number of thiophene rings is 1. The van der Waals surface area contributed by atoms with E-state index in [1.807, 2.05) is 50.2 Å². The summed E-state index contributed by atoms with van der Waals surface area (Å²) in [6.45, 7) is 4.02. The van der Waals surface area contributed by atoms with Crippen molar-refractivity contribution in [1.29, 1.82) is 0 Å². The van der Waals surface area contributed by atoms with Crippen LogP contribution in [0.15, 0.2) is 53.5 Å². The van der Waals surface area contributed by atoms with E-state index in [1.165, 1.54) is 4.88 Å². The van der Waals surface area contributed by atoms with Crippen molar-refractivity contribution < 1.29 is 19.1 Å². The highest BCUT2D eigenvalue weighted by Gasteiger charge is 2.26. The van der Waals surface area contributed by atoms with E-state index in [2.05, 4.69) is 10.3 Å². The van der Waals surface area contributed by atoms with Crippen LogP contribution in [-0.4, -0.2) is 31.3 Å². The molecule has 1 aromatic heterocycles. The smallest absolute Gasteiger partial charge is 0.341 e. The van der Waals surface area contributed by atoms with Gasteiger partial charge in [-0.25, -0.2) is 9.79 Å². The van der Waals surface area contributed by atoms with Crippen LogP contribution in [0.1, 0.15) is 51.7 Å². The fourth-order valence-electron chi connectivity index (χ4n) is 3.89. The lowest BCUT2D eigenvalue weighted by Crippen LogP contribution is -2.20. The number of amides is 1. The van der Waals surface area contributed by atoms with E-state index in [0.717, 1.165) is 48.1 Å². The second-order valence-corrected chi connectivity index (χ2v) is 9.17. The first-order valence-corrected chi connectivity index (χ1v) is 12.3. The highest BCUT2D eigenvalue weighted by atomic mass is 32.1. The van der Waals surface area contributed by atoms with E-state index in [1.54, 1.807) is 29.7 Å². The van der Waals surface area contributed by atoms with Crippen LogP contribution in [0.25, 0.3) is 0 Å². The van der Waals surface area contributed by atoms with Crippen molar-refractivity contribution in [3.8, 4) is 5.75 Å². The molecule has 3 aromatic rings. The average Bonchev–Trinajstić information content (AvgIpc) is 3.22. The van der Waals surface area contributed by atoms with Crippen LogP contribution >= 0.6 is 11.3 Å². The summed E-state index contributed by atoms with van der Waals surface area (Å²) in [5.74, 6) is 0.0887. The first kappa shape index (κ1) is 23.7. The van der Waals surface area contributed by atoms with Crippen molar-refractivity contribution >= 4 is 40.1 Å². The van der Waals surface area contributed by atoms with Gasteiger partial charge in [0.2, 0.25) is 0 Å². The van der Waals surface area contributed by atoms with Crippen molar-refractivity contribution in [2.75, 3.05) is 18.5 Å². The van der Waals surface area contributed by atoms with Crippen molar-refractivity contribution in [2.45, 2.75) is 39.5 Å². The Morgan fingerprint density at radius 3 is 2.62 bits per heavy atom. The predicted molar refractivity (Wildman–Crippen MR) is 136 cm³/mol. The zero-order valence-electron chi connectivity index (χ0n) is 19.4. The normalized spacial score (nSPS) is 12.9. The lowest BCUT2D eigenvalue weighted by molar-refractivity contribution is -0.118. The molecule has 4 rings (SSSR count). The third kappa shape index (κ3) is 5.72. The molecule has 1 heterocycles. The summed E-state index contributed by atoms with van der Waals surface area (Å²) in [5.41, 5.74) is 4.38. The highest BCUT2D eigenvalue weighted by Crippen LogP contribution is 2.40. The standard InChI is InChI=1S/C27H28N2O4S/c1-3-32-27(31)25-21-9-5-7-11-23(21)34-26(25)28-16-19-12-14-20(15-13-19)33-17-24(30)29-22-10-6-4-8-18(22)2/h4,6,8,10,12-16H,3,5,7,9,11,17H2,1-2H3,(H,29,30). The summed E-state index contributed by atoms with van der Waals surface area (Å²) in [5, 5.41) is 3.56. The number of nitrogens with zero attached hydrogens (tertiary/aromatic N) is 1. The van der Waals surface area contributed by atoms with Crippen LogP contribution in [0.4, 0.5) is 10.7 Å². The Hall–Kier alpha value is -3.45. The molecular weight excluding hydrogens is 448 g/mol. The molecule has 0 bridgehead atoms. The third-order valence-electron chi connectivity index (χ3n) is 5.63. The predicted octanol–water partition coefficient (Wildman–Crippen LogP) is 5.88. The van der Waals surface area contributed by atoms with Crippen LogP contribution in [0.5, 0.6) is 5.75 Å². The Kier molecular flexibility index (Phi) is 7.75. The van der Waals surface area contributed by atoms with Gasteiger partial charge in [-0.2, -0.15) is 0 Å². The van der Waals surface area contributed by atoms with Crippen LogP contribution in [0, 0.1) is 6.92 Å². The Labute approximate surface area is 203 Å². The summed E-state index contributed by atoms with van der Waals surface area (Å²) in [4.78, 5) is 30.6. The number of aryl methyl sites for hydroxylation is 2. The van der Waals surface area contributed by atoms with E-state index in [-0.39, 0.29) is 18.5 Å². The molecule has 0 aliphatic heterocycles. The summed E-state index contributed by atoms with van der Waals surface area (Å²) in [7, 11) is 0. The van der Waals surface area contributed by atoms with Crippen LogP contribution < -0.4 is 10.1 Å². The largest absolute Gasteiger partial charge is 0.484 e. The minimum Gasteiger partial charge on any atom is -0.484 e. The summed E-state index contributed by atoms with van der Waals surface area (Å²) < 4.78 is 10.9. The van der Waals surface area contributed by atoms with Gasteiger partial charge in [0, 0.05) is 16.8 Å². The molecule has 2 aromatic carbocycles. The number of carbonyl (C=O) groups is 2. The maximum absolute atomic E-state index is 12.6. The SMILES string of the molecule is CCOC(=O)c1c(N=Cc2ccc(OCC(=O)Nc3ccccc3C)cc2)sc2c1CCCC2. The zero-order chi connectivity index (χ0) is 23.9. The number of benzene rings is 2. The molecule has 176 valence electrons. The van der Waals surface area contributed by atoms with E-state index >= 15 is 0 Å². The van der Waals surface area contributed by atoms with Gasteiger partial charge in [-0.05, 0) is 86.6 Å². The van der Waals surface area contributed by atoms with E-state index in [0.29, 0.717) is 22.9 Å². The molecule has 0 spiro atoms. The average molecular weight is 477 g/mol. The van der Waals surface area contributed by atoms with Gasteiger partial charge in [0.15, 0.2) is 6.61 Å². The first-order valence-electron chi connectivity index (χ1n) is 11.5. The Morgan fingerprint density at radius 1 is 1.09 bits per heavy atom. The van der Waals surface area contributed by atoms with Gasteiger partial charge < -0.3 is 14.8 Å². The van der Waals surface area contributed by atoms with E-state index < -0.39 is 0 Å². The molecule has 6 nitrogen and oxygen atoms in total. The fraction of sp³-hybridized carbons (Fsp3) is 0.296. The minimum absolute atomic E-state index is 0.0780. The van der Waals surface area contributed by atoms with Gasteiger partial charge in [-0.3, -0.25) is 4.79 Å². The molecule has 0 fully saturated rings. The molecule has 0 saturated carbocycles. The number of esters is 1. The number of rotatable bonds is 8. The molecule has 0 saturated heterocycles. The molecule has 7 heteroatoms. The van der Waals surface area contributed by atoms with E-state index in [4.69, 9.17) is 9.47 Å². The Morgan fingerprint density at radius 2 is 1.85 bits per heavy atom. The summed E-state index contributed by atoms with van der Waals surface area (Å²) in [6.07, 6.45) is 5.87. The monoisotopic (exact) mass is 476 g/mol. The minimum atomic E-state index is -0.290. The van der Waals surface area contributed by atoms with Gasteiger partial charge in [0.05, 0.1) is 12.2 Å². The second kappa shape index (κ2) is 11.1. The molecule has 1 aliphatic rings. The summed E-state index contributed by atoms with van der Waals surface area (Å²) in [6, 6.07) is 14.9. The van der Waals surface area contributed by atoms with Crippen molar-refractivity contribution in [1.82, 2.24) is 0 Å². The Balaban J connectivity index is 1.39. The van der Waals surface area contributed by atoms with Crippen LogP contribution in [0.3, 0.4) is 0 Å². The molecule has 0 unspecified atom stereocenters. The maximum Gasteiger partial charge on any atom is 0.341 e. The molecule has 0 radical (unpaired) electrons. The molecule has 1 amide bonds. The molecule has 1 N–H and O–H groups in total. The van der Waals surface area contributed by atoms with Crippen molar-refractivity contribution in [3.63, 3.8) is 0 Å². The number of aliphatic imine (C=N–C) groups is 1. The number of ether oxygens (including phenoxy) is 2. The number of hydrogen-bond donors (Lipinski definition) is 1. The lowest BCUT2D eigenvalue weighted by Gasteiger charge is -2.11. The van der Waals surface area contributed by atoms with Crippen molar-refractivity contribution in [2.24, 2.45) is 4.99 Å². The maximum atomic E-state index is 12.6. The number of carbonyl (C=O) groups excluding carboxylic acids is 2. The lowest BCUT2D eigenvalue weighted by atomic mass is 9.95. The number of anilines is 1. The van der Waals surface area contributed by atoms with Crippen LogP contribution in [0.2, 0.25) is 0 Å². The molecule has 1 aliphatic carbocycles. The zero-order valence-corrected chi connectivity index (χ0v) is 20.2. The number of fused-ring (bicyclic) bond motifs is 1. The van der Waals surface area contributed by atoms with Gasteiger partial charge in [0.25, 0.3) is 5.91 Å². The number of nitrogens with one attached hydrogen (secondary N) is 1. The second-order valence-electron chi connectivity index (χ2n) is 8.09.